The van der Waals surface area contributed by atoms with Gasteiger partial charge in [0, 0.05) is 11.1 Å². The largest absolute Gasteiger partial charge is 0.465 e. The molecule has 2 aliphatic rings. The van der Waals surface area contributed by atoms with E-state index in [0.717, 1.165) is 32.1 Å². The SMILES string of the molecule is CCOC(=O)CN1C(=O)C(N)CCCC1(C)C.CCOC(=O)CN1C(=O)C(NC)CCCC1(C)C. The van der Waals surface area contributed by atoms with Gasteiger partial charge in [-0.15, -0.1) is 0 Å². The lowest BCUT2D eigenvalue weighted by atomic mass is 9.97. The van der Waals surface area contributed by atoms with Crippen molar-refractivity contribution in [2.24, 2.45) is 5.73 Å². The van der Waals surface area contributed by atoms with Crippen LogP contribution in [0.2, 0.25) is 0 Å². The second-order valence-electron chi connectivity index (χ2n) is 10.3. The number of carbonyl (C=O) groups is 4. The lowest BCUT2D eigenvalue weighted by Gasteiger charge is -2.37. The van der Waals surface area contributed by atoms with E-state index >= 15 is 0 Å². The minimum Gasteiger partial charge on any atom is -0.465 e. The number of ether oxygens (including phenoxy) is 2. The van der Waals surface area contributed by atoms with Crippen LogP contribution in [0.5, 0.6) is 0 Å². The van der Waals surface area contributed by atoms with E-state index in [1.807, 2.05) is 27.7 Å². The molecule has 2 amide bonds. The molecule has 2 aliphatic heterocycles. The first kappa shape index (κ1) is 30.8. The molecule has 2 atom stereocenters. The summed E-state index contributed by atoms with van der Waals surface area (Å²) in [5.74, 6) is -0.868. The molecule has 0 aromatic carbocycles. The maximum Gasteiger partial charge on any atom is 0.325 e. The average molecular weight is 499 g/mol. The monoisotopic (exact) mass is 498 g/mol. The summed E-state index contributed by atoms with van der Waals surface area (Å²) in [5.41, 5.74) is 5.16. The number of nitrogens with zero attached hydrogens (tertiary/aromatic N) is 2. The van der Waals surface area contributed by atoms with Gasteiger partial charge in [0.1, 0.15) is 13.1 Å². The highest BCUT2D eigenvalue weighted by atomic mass is 16.5. The third-order valence-corrected chi connectivity index (χ3v) is 6.73. The van der Waals surface area contributed by atoms with Gasteiger partial charge in [-0.25, -0.2) is 0 Å². The van der Waals surface area contributed by atoms with Crippen LogP contribution in [0.1, 0.15) is 80.1 Å². The molecule has 35 heavy (non-hydrogen) atoms. The number of esters is 2. The summed E-state index contributed by atoms with van der Waals surface area (Å²) in [6.45, 7) is 12.1. The van der Waals surface area contributed by atoms with Gasteiger partial charge in [0.2, 0.25) is 11.8 Å². The van der Waals surface area contributed by atoms with Crippen LogP contribution < -0.4 is 11.1 Å². The summed E-state index contributed by atoms with van der Waals surface area (Å²) < 4.78 is 9.83. The highest BCUT2D eigenvalue weighted by Crippen LogP contribution is 2.28. The first-order valence-electron chi connectivity index (χ1n) is 12.7. The molecule has 2 fully saturated rings. The van der Waals surface area contributed by atoms with Crippen LogP contribution in [-0.4, -0.2) is 90.1 Å². The maximum absolute atomic E-state index is 12.4. The number of hydrogen-bond acceptors (Lipinski definition) is 8. The first-order valence-corrected chi connectivity index (χ1v) is 12.7. The van der Waals surface area contributed by atoms with Crippen molar-refractivity contribution in [2.45, 2.75) is 103 Å². The van der Waals surface area contributed by atoms with E-state index in [0.29, 0.717) is 19.6 Å². The lowest BCUT2D eigenvalue weighted by molar-refractivity contribution is -0.153. The van der Waals surface area contributed by atoms with Crippen LogP contribution in [0.3, 0.4) is 0 Å². The number of likely N-dealkylation sites (N-methyl/N-ethyl adjacent to an activating group) is 1. The van der Waals surface area contributed by atoms with Crippen molar-refractivity contribution in [3.63, 3.8) is 0 Å². The topological polar surface area (TPSA) is 131 Å². The third-order valence-electron chi connectivity index (χ3n) is 6.73. The average Bonchev–Trinajstić information content (AvgIpc) is 2.93. The smallest absolute Gasteiger partial charge is 0.325 e. The van der Waals surface area contributed by atoms with Gasteiger partial charge in [0.25, 0.3) is 0 Å². The zero-order valence-electron chi connectivity index (χ0n) is 22.6. The molecule has 2 heterocycles. The summed E-state index contributed by atoms with van der Waals surface area (Å²) in [4.78, 5) is 50.8. The fourth-order valence-corrected chi connectivity index (χ4v) is 4.52. The van der Waals surface area contributed by atoms with Crippen molar-refractivity contribution >= 4 is 23.8 Å². The summed E-state index contributed by atoms with van der Waals surface area (Å²) in [6.07, 6.45) is 5.13. The molecule has 0 bridgehead atoms. The Kier molecular flexibility index (Phi) is 12.1. The van der Waals surface area contributed by atoms with Gasteiger partial charge in [-0.05, 0) is 87.1 Å². The minimum absolute atomic E-state index is 0.00643. The molecular weight excluding hydrogens is 452 g/mol. The van der Waals surface area contributed by atoms with Gasteiger partial charge in [0.05, 0.1) is 25.3 Å². The molecule has 0 aromatic heterocycles. The van der Waals surface area contributed by atoms with Crippen molar-refractivity contribution in [2.75, 3.05) is 33.4 Å². The van der Waals surface area contributed by atoms with Gasteiger partial charge >= 0.3 is 11.9 Å². The van der Waals surface area contributed by atoms with Crippen LogP contribution in [0.4, 0.5) is 0 Å². The molecule has 0 spiro atoms. The predicted octanol–water partition coefficient (Wildman–Crippen LogP) is 1.60. The second-order valence-corrected chi connectivity index (χ2v) is 10.3. The fourth-order valence-electron chi connectivity index (χ4n) is 4.52. The number of nitrogens with two attached hydrogens (primary N) is 1. The number of rotatable bonds is 7. The zero-order chi connectivity index (χ0) is 26.8. The van der Waals surface area contributed by atoms with E-state index in [9.17, 15) is 19.2 Å². The van der Waals surface area contributed by atoms with Crippen LogP contribution >= 0.6 is 0 Å². The van der Waals surface area contributed by atoms with Crippen LogP contribution in [0.25, 0.3) is 0 Å². The van der Waals surface area contributed by atoms with Crippen LogP contribution in [0, 0.1) is 0 Å². The Morgan fingerprint density at radius 2 is 1.31 bits per heavy atom. The van der Waals surface area contributed by atoms with E-state index in [1.165, 1.54) is 0 Å². The Bertz CT molecular complexity index is 739. The molecule has 2 saturated heterocycles. The molecule has 10 nitrogen and oxygen atoms in total. The second kappa shape index (κ2) is 13.8. The number of hydrogen-bond donors (Lipinski definition) is 2. The molecule has 0 aliphatic carbocycles. The van der Waals surface area contributed by atoms with E-state index < -0.39 is 6.04 Å². The van der Waals surface area contributed by atoms with E-state index in [2.05, 4.69) is 5.32 Å². The maximum atomic E-state index is 12.4. The van der Waals surface area contributed by atoms with Gasteiger partial charge < -0.3 is 30.3 Å². The van der Waals surface area contributed by atoms with Gasteiger partial charge in [0.15, 0.2) is 0 Å². The Hall–Kier alpha value is -2.20. The number of amides is 2. The number of carbonyl (C=O) groups excluding carboxylic acids is 4. The van der Waals surface area contributed by atoms with Crippen LogP contribution in [0.15, 0.2) is 0 Å². The summed E-state index contributed by atoms with van der Waals surface area (Å²) >= 11 is 0. The highest BCUT2D eigenvalue weighted by molar-refractivity contribution is 5.87. The standard InChI is InChI=1S/C13H24N2O3.C12H22N2O3/c1-5-18-11(16)9-15-12(17)10(14-4)7-6-8-13(15,2)3;1-4-17-10(15)8-14-11(16)9(13)6-5-7-12(14,2)3/h10,14H,5-9H2,1-4H3;9H,4-8,13H2,1-3H3. The van der Waals surface area contributed by atoms with Crippen molar-refractivity contribution in [3.05, 3.63) is 0 Å². The molecule has 10 heteroatoms. The molecular formula is C25H46N4O6. The Labute approximate surface area is 210 Å². The third kappa shape index (κ3) is 9.07. The quantitative estimate of drug-likeness (QED) is 0.506. The van der Waals surface area contributed by atoms with E-state index in [-0.39, 0.29) is 54.0 Å². The van der Waals surface area contributed by atoms with Gasteiger partial charge in [-0.1, -0.05) is 0 Å². The van der Waals surface area contributed by atoms with Crippen molar-refractivity contribution in [1.29, 1.82) is 0 Å². The Morgan fingerprint density at radius 1 is 0.886 bits per heavy atom. The first-order chi connectivity index (χ1) is 16.3. The molecule has 0 saturated carbocycles. The summed E-state index contributed by atoms with van der Waals surface area (Å²) in [7, 11) is 1.78. The summed E-state index contributed by atoms with van der Waals surface area (Å²) in [6, 6.07) is -0.688. The van der Waals surface area contributed by atoms with Crippen molar-refractivity contribution < 1.29 is 28.7 Å². The minimum atomic E-state index is -0.494. The number of likely N-dealkylation sites (tertiary alicyclic amines) is 2. The summed E-state index contributed by atoms with van der Waals surface area (Å²) in [5, 5.41) is 3.02. The number of nitrogens with one attached hydrogen (secondary N) is 1. The van der Waals surface area contributed by atoms with Gasteiger partial charge in [-0.3, -0.25) is 19.2 Å². The van der Waals surface area contributed by atoms with Crippen molar-refractivity contribution in [1.82, 2.24) is 15.1 Å². The lowest BCUT2D eigenvalue weighted by Crippen LogP contribution is -2.54. The Balaban J connectivity index is 0.000000351. The van der Waals surface area contributed by atoms with E-state index in [4.69, 9.17) is 15.2 Å². The molecule has 0 radical (unpaired) electrons. The molecule has 2 unspecified atom stereocenters. The molecule has 3 N–H and O–H groups in total. The highest BCUT2D eigenvalue weighted by Gasteiger charge is 2.39. The van der Waals surface area contributed by atoms with Crippen LogP contribution in [-0.2, 0) is 28.7 Å². The molecule has 0 aromatic rings. The predicted molar refractivity (Wildman–Crippen MR) is 133 cm³/mol. The molecule has 202 valence electrons. The Morgan fingerprint density at radius 3 is 1.74 bits per heavy atom. The van der Waals surface area contributed by atoms with E-state index in [1.54, 1.807) is 30.7 Å². The molecule has 2 rings (SSSR count). The fraction of sp³-hybridized carbons (Fsp3) is 0.840. The van der Waals surface area contributed by atoms with Crippen molar-refractivity contribution in [3.8, 4) is 0 Å². The normalized spacial score (nSPS) is 24.0. The zero-order valence-corrected chi connectivity index (χ0v) is 22.6. The van der Waals surface area contributed by atoms with Gasteiger partial charge in [-0.2, -0.15) is 0 Å².